The van der Waals surface area contributed by atoms with Crippen molar-refractivity contribution < 1.29 is 13.2 Å². The van der Waals surface area contributed by atoms with Gasteiger partial charge in [-0.25, -0.2) is 12.7 Å². The van der Waals surface area contributed by atoms with Gasteiger partial charge in [0.2, 0.25) is 15.9 Å². The highest BCUT2D eigenvalue weighted by Crippen LogP contribution is 2.23. The molecule has 7 heteroatoms. The lowest BCUT2D eigenvalue weighted by Gasteiger charge is -2.30. The van der Waals surface area contributed by atoms with E-state index < -0.39 is 10.0 Å². The van der Waals surface area contributed by atoms with E-state index in [-0.39, 0.29) is 17.6 Å². The second kappa shape index (κ2) is 11.5. The van der Waals surface area contributed by atoms with Crippen molar-refractivity contribution in [2.24, 2.45) is 5.92 Å². The first kappa shape index (κ1) is 24.9. The van der Waals surface area contributed by atoms with Crippen molar-refractivity contribution in [2.45, 2.75) is 57.9 Å². The van der Waals surface area contributed by atoms with Crippen molar-refractivity contribution >= 4 is 15.9 Å². The molecule has 0 atom stereocenters. The summed E-state index contributed by atoms with van der Waals surface area (Å²) in [5.41, 5.74) is 4.23. The number of nitrogens with one attached hydrogen (secondary N) is 1. The summed E-state index contributed by atoms with van der Waals surface area (Å²) in [7, 11) is -3.38. The molecule has 184 valence electrons. The van der Waals surface area contributed by atoms with E-state index in [0.717, 1.165) is 23.2 Å². The van der Waals surface area contributed by atoms with E-state index in [4.69, 9.17) is 0 Å². The van der Waals surface area contributed by atoms with Gasteiger partial charge in [0, 0.05) is 32.1 Å². The number of benzene rings is 2. The van der Waals surface area contributed by atoms with E-state index in [1.807, 2.05) is 31.2 Å². The first-order chi connectivity index (χ1) is 16.4. The van der Waals surface area contributed by atoms with Crippen LogP contribution < -0.4 is 5.32 Å². The number of aryl methyl sites for hydroxylation is 1. The maximum atomic E-state index is 12.9. The molecule has 2 aliphatic rings. The molecule has 6 nitrogen and oxygen atoms in total. The van der Waals surface area contributed by atoms with Crippen LogP contribution in [0.4, 0.5) is 0 Å². The molecule has 2 heterocycles. The number of amides is 1. The van der Waals surface area contributed by atoms with E-state index in [1.165, 1.54) is 37.9 Å². The zero-order valence-corrected chi connectivity index (χ0v) is 21.0. The lowest BCUT2D eigenvalue weighted by molar-refractivity contribution is -0.126. The molecule has 4 rings (SSSR count). The number of hydrogen-bond donors (Lipinski definition) is 1. The minimum Gasteiger partial charge on any atom is -0.352 e. The average molecular weight is 484 g/mol. The molecule has 0 aliphatic carbocycles. The summed E-state index contributed by atoms with van der Waals surface area (Å²) in [4.78, 5) is 15.2. The molecular formula is C27H37N3O3S. The molecule has 1 N–H and O–H groups in total. The maximum Gasteiger partial charge on any atom is 0.223 e. The van der Waals surface area contributed by atoms with Gasteiger partial charge in [-0.2, -0.15) is 0 Å². The van der Waals surface area contributed by atoms with Crippen molar-refractivity contribution in [1.82, 2.24) is 14.5 Å². The third-order valence-corrected chi connectivity index (χ3v) is 8.99. The highest BCUT2D eigenvalue weighted by atomic mass is 32.2. The van der Waals surface area contributed by atoms with Crippen LogP contribution in [0, 0.1) is 12.8 Å². The molecular weight excluding hydrogens is 446 g/mol. The Morgan fingerprint density at radius 2 is 1.56 bits per heavy atom. The van der Waals surface area contributed by atoms with Crippen LogP contribution in [0.3, 0.4) is 0 Å². The second-order valence-corrected chi connectivity index (χ2v) is 11.7. The lowest BCUT2D eigenvalue weighted by Crippen LogP contribution is -2.43. The van der Waals surface area contributed by atoms with Crippen molar-refractivity contribution in [3.8, 4) is 0 Å². The van der Waals surface area contributed by atoms with Gasteiger partial charge in [0.1, 0.15) is 0 Å². The predicted octanol–water partition coefficient (Wildman–Crippen LogP) is 3.84. The summed E-state index contributed by atoms with van der Waals surface area (Å²) in [6, 6.07) is 16.1. The molecule has 0 saturated carbocycles. The number of carbonyl (C=O) groups is 1. The first-order valence-corrected chi connectivity index (χ1v) is 14.1. The fourth-order valence-electron chi connectivity index (χ4n) is 4.93. The fourth-order valence-corrected chi connectivity index (χ4v) is 6.59. The first-order valence-electron chi connectivity index (χ1n) is 12.5. The SMILES string of the molecule is Cc1ccccc1CS(=O)(=O)N1CCC(C(=O)NCc2ccc(CN3CCCCC3)cc2)CC1. The van der Waals surface area contributed by atoms with Gasteiger partial charge in [-0.15, -0.1) is 0 Å². The van der Waals surface area contributed by atoms with Crippen LogP contribution in [-0.2, 0) is 33.7 Å². The summed E-state index contributed by atoms with van der Waals surface area (Å²) in [6.45, 7) is 6.61. The molecule has 2 aliphatic heterocycles. The van der Waals surface area contributed by atoms with Crippen LogP contribution in [-0.4, -0.2) is 49.7 Å². The molecule has 1 amide bonds. The Morgan fingerprint density at radius 3 is 2.24 bits per heavy atom. The Morgan fingerprint density at radius 1 is 0.912 bits per heavy atom. The van der Waals surface area contributed by atoms with Gasteiger partial charge < -0.3 is 5.32 Å². The number of rotatable bonds is 8. The van der Waals surface area contributed by atoms with Crippen molar-refractivity contribution in [3.63, 3.8) is 0 Å². The van der Waals surface area contributed by atoms with Crippen LogP contribution in [0.25, 0.3) is 0 Å². The standard InChI is InChI=1S/C27H37N3O3S/c1-22-7-3-4-8-26(22)21-34(32,33)30-17-13-25(14-18-30)27(31)28-19-23-9-11-24(12-10-23)20-29-15-5-2-6-16-29/h3-4,7-12,25H,2,5-6,13-21H2,1H3,(H,28,31). The third-order valence-electron chi connectivity index (χ3n) is 7.16. The number of piperidine rings is 2. The van der Waals surface area contributed by atoms with Crippen LogP contribution >= 0.6 is 0 Å². The lowest BCUT2D eigenvalue weighted by atomic mass is 9.97. The molecule has 0 unspecified atom stereocenters. The maximum absolute atomic E-state index is 12.9. The Hall–Kier alpha value is -2.22. The van der Waals surface area contributed by atoms with Crippen molar-refractivity contribution in [2.75, 3.05) is 26.2 Å². The third kappa shape index (κ3) is 6.68. The number of nitrogens with zero attached hydrogens (tertiary/aromatic N) is 2. The Balaban J connectivity index is 1.22. The minimum atomic E-state index is -3.38. The van der Waals surface area contributed by atoms with Gasteiger partial charge in [-0.1, -0.05) is 55.0 Å². The van der Waals surface area contributed by atoms with E-state index >= 15 is 0 Å². The molecule has 2 aromatic rings. The average Bonchev–Trinajstić information content (AvgIpc) is 2.85. The smallest absolute Gasteiger partial charge is 0.223 e. The minimum absolute atomic E-state index is 0.0181. The Labute approximate surface area is 204 Å². The summed E-state index contributed by atoms with van der Waals surface area (Å²) < 4.78 is 27.3. The molecule has 0 spiro atoms. The quantitative estimate of drug-likeness (QED) is 0.619. The highest BCUT2D eigenvalue weighted by molar-refractivity contribution is 7.88. The van der Waals surface area contributed by atoms with Gasteiger partial charge >= 0.3 is 0 Å². The zero-order valence-electron chi connectivity index (χ0n) is 20.2. The molecule has 0 radical (unpaired) electrons. The van der Waals surface area contributed by atoms with Crippen molar-refractivity contribution in [3.05, 3.63) is 70.8 Å². The second-order valence-electron chi connectivity index (χ2n) is 9.73. The number of hydrogen-bond acceptors (Lipinski definition) is 4. The molecule has 2 aromatic carbocycles. The van der Waals surface area contributed by atoms with Crippen LogP contribution in [0.1, 0.15) is 54.4 Å². The summed E-state index contributed by atoms with van der Waals surface area (Å²) >= 11 is 0. The fraction of sp³-hybridized carbons (Fsp3) is 0.519. The normalized spacial score (nSPS) is 18.6. The topological polar surface area (TPSA) is 69.7 Å². The number of likely N-dealkylation sites (tertiary alicyclic amines) is 1. The Kier molecular flexibility index (Phi) is 8.40. The van der Waals surface area contributed by atoms with Gasteiger partial charge in [0.25, 0.3) is 0 Å². The van der Waals surface area contributed by atoms with E-state index in [1.54, 1.807) is 4.31 Å². The zero-order chi connectivity index (χ0) is 24.0. The molecule has 34 heavy (non-hydrogen) atoms. The number of sulfonamides is 1. The largest absolute Gasteiger partial charge is 0.352 e. The molecule has 2 saturated heterocycles. The highest BCUT2D eigenvalue weighted by Gasteiger charge is 2.31. The predicted molar refractivity (Wildman–Crippen MR) is 136 cm³/mol. The van der Waals surface area contributed by atoms with Crippen LogP contribution in [0.15, 0.2) is 48.5 Å². The monoisotopic (exact) mass is 483 g/mol. The van der Waals surface area contributed by atoms with E-state index in [2.05, 4.69) is 34.5 Å². The van der Waals surface area contributed by atoms with Crippen LogP contribution in [0.2, 0.25) is 0 Å². The van der Waals surface area contributed by atoms with E-state index in [9.17, 15) is 13.2 Å². The summed E-state index contributed by atoms with van der Waals surface area (Å²) in [5.74, 6) is -0.0961. The van der Waals surface area contributed by atoms with Gasteiger partial charge in [0.05, 0.1) is 5.75 Å². The van der Waals surface area contributed by atoms with Gasteiger partial charge in [-0.05, 0) is 68.0 Å². The molecule has 0 aromatic heterocycles. The Bertz CT molecular complexity index is 1050. The molecule has 2 fully saturated rings. The molecule has 0 bridgehead atoms. The van der Waals surface area contributed by atoms with Gasteiger partial charge in [0.15, 0.2) is 0 Å². The van der Waals surface area contributed by atoms with Crippen molar-refractivity contribution in [1.29, 1.82) is 0 Å². The number of carbonyl (C=O) groups excluding carboxylic acids is 1. The summed E-state index contributed by atoms with van der Waals surface area (Å²) in [5, 5.41) is 3.05. The van der Waals surface area contributed by atoms with E-state index in [0.29, 0.717) is 32.5 Å². The van der Waals surface area contributed by atoms with Crippen LogP contribution in [0.5, 0.6) is 0 Å². The van der Waals surface area contributed by atoms with Gasteiger partial charge in [-0.3, -0.25) is 9.69 Å². The summed E-state index contributed by atoms with van der Waals surface area (Å²) in [6.07, 6.45) is 5.06.